The van der Waals surface area contributed by atoms with Crippen LogP contribution >= 0.6 is 0 Å². The Morgan fingerprint density at radius 1 is 1.19 bits per heavy atom. The number of ether oxygens (including phenoxy) is 2. The Morgan fingerprint density at radius 3 is 2.67 bits per heavy atom. The number of hydrogen-bond acceptors (Lipinski definition) is 5. The first-order valence-electron chi connectivity index (χ1n) is 8.04. The lowest BCUT2D eigenvalue weighted by Gasteiger charge is -2.10. The molecule has 0 aromatic heterocycles. The van der Waals surface area contributed by atoms with E-state index in [1.807, 2.05) is 32.0 Å². The van der Waals surface area contributed by atoms with Gasteiger partial charge in [-0.1, -0.05) is 17.3 Å². The summed E-state index contributed by atoms with van der Waals surface area (Å²) < 4.78 is 33.9. The highest BCUT2D eigenvalue weighted by atomic mass is 19.3. The van der Waals surface area contributed by atoms with Crippen molar-refractivity contribution in [1.29, 1.82) is 0 Å². The number of carbonyl (C=O) groups is 1. The van der Waals surface area contributed by atoms with Crippen molar-refractivity contribution >= 4 is 17.8 Å². The summed E-state index contributed by atoms with van der Waals surface area (Å²) in [6.45, 7) is 0.607. The molecule has 0 unspecified atom stereocenters. The van der Waals surface area contributed by atoms with Crippen LogP contribution in [0.1, 0.15) is 16.7 Å². The second-order valence-electron chi connectivity index (χ2n) is 5.66. The highest BCUT2D eigenvalue weighted by Gasteiger charge is 2.10. The number of anilines is 1. The third-order valence-corrected chi connectivity index (χ3v) is 3.54. The fourth-order valence-electron chi connectivity index (χ4n) is 2.21. The molecule has 27 heavy (non-hydrogen) atoms. The van der Waals surface area contributed by atoms with Gasteiger partial charge < -0.3 is 19.6 Å². The third kappa shape index (κ3) is 6.25. The number of halogens is 2. The highest BCUT2D eigenvalue weighted by Crippen LogP contribution is 2.28. The molecule has 2 rings (SSSR count). The van der Waals surface area contributed by atoms with Gasteiger partial charge in [-0.15, -0.1) is 0 Å². The molecule has 0 heterocycles. The molecule has 0 aliphatic rings. The summed E-state index contributed by atoms with van der Waals surface area (Å²) in [6, 6.07) is 10.0. The van der Waals surface area contributed by atoms with Gasteiger partial charge in [-0.2, -0.15) is 8.78 Å². The number of amides is 1. The molecule has 0 saturated heterocycles. The number of aryl methyl sites for hydroxylation is 2. The normalized spacial score (nSPS) is 10.9. The summed E-state index contributed by atoms with van der Waals surface area (Å²) in [7, 11) is 1.34. The first kappa shape index (κ1) is 20.2. The van der Waals surface area contributed by atoms with Crippen molar-refractivity contribution in [2.75, 3.05) is 19.0 Å². The van der Waals surface area contributed by atoms with Crippen molar-refractivity contribution in [2.45, 2.75) is 20.5 Å². The predicted molar refractivity (Wildman–Crippen MR) is 97.7 cm³/mol. The van der Waals surface area contributed by atoms with E-state index in [4.69, 9.17) is 9.57 Å². The fraction of sp³-hybridized carbons (Fsp3) is 0.263. The van der Waals surface area contributed by atoms with E-state index in [2.05, 4.69) is 15.2 Å². The quantitative estimate of drug-likeness (QED) is 0.559. The molecule has 2 aromatic rings. The first-order chi connectivity index (χ1) is 12.9. The molecule has 0 atom stereocenters. The van der Waals surface area contributed by atoms with Crippen LogP contribution in [0.4, 0.5) is 14.5 Å². The minimum Gasteiger partial charge on any atom is -0.493 e. The van der Waals surface area contributed by atoms with Gasteiger partial charge in [0.25, 0.3) is 5.91 Å². The second-order valence-corrected chi connectivity index (χ2v) is 5.66. The van der Waals surface area contributed by atoms with Crippen LogP contribution in [0.15, 0.2) is 41.6 Å². The van der Waals surface area contributed by atoms with Crippen LogP contribution < -0.4 is 14.8 Å². The van der Waals surface area contributed by atoms with E-state index in [1.165, 1.54) is 31.5 Å². The smallest absolute Gasteiger partial charge is 0.387 e. The summed E-state index contributed by atoms with van der Waals surface area (Å²) >= 11 is 0. The second kappa shape index (κ2) is 9.51. The molecular formula is C19H20F2N2O4. The van der Waals surface area contributed by atoms with Crippen LogP contribution in [0.5, 0.6) is 11.5 Å². The Morgan fingerprint density at radius 2 is 1.96 bits per heavy atom. The Balaban J connectivity index is 1.89. The van der Waals surface area contributed by atoms with Gasteiger partial charge in [0.15, 0.2) is 18.1 Å². The molecule has 0 radical (unpaired) electrons. The average molecular weight is 378 g/mol. The number of alkyl halides is 2. The summed E-state index contributed by atoms with van der Waals surface area (Å²) in [5, 5.41) is 6.45. The number of nitrogens with zero attached hydrogens (tertiary/aromatic N) is 1. The zero-order valence-electron chi connectivity index (χ0n) is 15.2. The van der Waals surface area contributed by atoms with Crippen molar-refractivity contribution in [2.24, 2.45) is 5.16 Å². The van der Waals surface area contributed by atoms with Gasteiger partial charge >= 0.3 is 6.61 Å². The number of nitrogens with one attached hydrogen (secondary N) is 1. The van der Waals surface area contributed by atoms with E-state index in [0.717, 1.165) is 11.1 Å². The van der Waals surface area contributed by atoms with E-state index in [-0.39, 0.29) is 24.0 Å². The van der Waals surface area contributed by atoms with Crippen molar-refractivity contribution < 1.29 is 27.9 Å². The molecule has 0 fully saturated rings. The number of methoxy groups -OCH3 is 1. The summed E-state index contributed by atoms with van der Waals surface area (Å²) in [6.07, 6.45) is 1.33. The van der Waals surface area contributed by atoms with Gasteiger partial charge in [0, 0.05) is 11.3 Å². The molecule has 0 aliphatic heterocycles. The molecule has 0 aliphatic carbocycles. The van der Waals surface area contributed by atoms with Crippen LogP contribution in [0.2, 0.25) is 0 Å². The molecule has 0 spiro atoms. The molecule has 1 amide bonds. The molecule has 6 nitrogen and oxygen atoms in total. The van der Waals surface area contributed by atoms with E-state index >= 15 is 0 Å². The Labute approximate surface area is 155 Å². The number of oxime groups is 1. The average Bonchev–Trinajstić information content (AvgIpc) is 2.62. The summed E-state index contributed by atoms with van der Waals surface area (Å²) in [4.78, 5) is 16.9. The lowest BCUT2D eigenvalue weighted by atomic mass is 10.1. The molecule has 0 bridgehead atoms. The van der Waals surface area contributed by atoms with Gasteiger partial charge in [0.05, 0.1) is 13.3 Å². The van der Waals surface area contributed by atoms with E-state index in [9.17, 15) is 13.6 Å². The fourth-order valence-corrected chi connectivity index (χ4v) is 2.21. The SMILES string of the molecule is COc1cc(/C=N\OCC(=O)Nc2cc(C)ccc2C)ccc1OC(F)F. The highest BCUT2D eigenvalue weighted by molar-refractivity contribution is 5.92. The van der Waals surface area contributed by atoms with Crippen LogP contribution in [-0.4, -0.2) is 32.4 Å². The van der Waals surface area contributed by atoms with E-state index < -0.39 is 6.61 Å². The van der Waals surface area contributed by atoms with Crippen LogP contribution in [0.3, 0.4) is 0 Å². The van der Waals surface area contributed by atoms with Crippen LogP contribution in [-0.2, 0) is 9.63 Å². The Hall–Kier alpha value is -3.16. The zero-order chi connectivity index (χ0) is 19.8. The lowest BCUT2D eigenvalue weighted by molar-refractivity contribution is -0.120. The zero-order valence-corrected chi connectivity index (χ0v) is 15.2. The maximum atomic E-state index is 12.3. The minimum atomic E-state index is -2.95. The van der Waals surface area contributed by atoms with Crippen LogP contribution in [0.25, 0.3) is 0 Å². The topological polar surface area (TPSA) is 69.2 Å². The van der Waals surface area contributed by atoms with Crippen molar-refractivity contribution in [3.63, 3.8) is 0 Å². The van der Waals surface area contributed by atoms with Crippen molar-refractivity contribution in [1.82, 2.24) is 0 Å². The molecule has 0 saturated carbocycles. The first-order valence-corrected chi connectivity index (χ1v) is 8.04. The maximum Gasteiger partial charge on any atom is 0.387 e. The monoisotopic (exact) mass is 378 g/mol. The Bertz CT molecular complexity index is 825. The van der Waals surface area contributed by atoms with E-state index in [1.54, 1.807) is 0 Å². The van der Waals surface area contributed by atoms with Gasteiger partial charge in [-0.3, -0.25) is 4.79 Å². The molecule has 1 N–H and O–H groups in total. The van der Waals surface area contributed by atoms with Crippen molar-refractivity contribution in [3.05, 3.63) is 53.1 Å². The number of benzene rings is 2. The van der Waals surface area contributed by atoms with Gasteiger partial charge in [0.2, 0.25) is 0 Å². The number of carbonyl (C=O) groups excluding carboxylic acids is 1. The largest absolute Gasteiger partial charge is 0.493 e. The van der Waals surface area contributed by atoms with Crippen LogP contribution in [0, 0.1) is 13.8 Å². The molecular weight excluding hydrogens is 358 g/mol. The molecule has 144 valence electrons. The summed E-state index contributed by atoms with van der Waals surface area (Å²) in [5.41, 5.74) is 3.22. The van der Waals surface area contributed by atoms with Gasteiger partial charge in [-0.25, -0.2) is 0 Å². The van der Waals surface area contributed by atoms with Gasteiger partial charge in [-0.05, 0) is 49.2 Å². The number of hydrogen-bond donors (Lipinski definition) is 1. The summed E-state index contributed by atoms with van der Waals surface area (Å²) in [5.74, 6) is -0.301. The third-order valence-electron chi connectivity index (χ3n) is 3.54. The number of rotatable bonds is 8. The maximum absolute atomic E-state index is 12.3. The van der Waals surface area contributed by atoms with Crippen molar-refractivity contribution in [3.8, 4) is 11.5 Å². The standard InChI is InChI=1S/C19H20F2N2O4/c1-12-4-5-13(2)15(8-12)23-18(24)11-26-22-10-14-6-7-16(27-19(20)21)17(9-14)25-3/h4-10,19H,11H2,1-3H3,(H,23,24)/b22-10-. The molecule has 2 aromatic carbocycles. The lowest BCUT2D eigenvalue weighted by Crippen LogP contribution is -2.17. The minimum absolute atomic E-state index is 0.0847. The molecule has 8 heteroatoms. The van der Waals surface area contributed by atoms with Gasteiger partial charge in [0.1, 0.15) is 0 Å². The van der Waals surface area contributed by atoms with E-state index in [0.29, 0.717) is 11.3 Å². The Kier molecular flexibility index (Phi) is 7.10. The predicted octanol–water partition coefficient (Wildman–Crippen LogP) is 3.90.